The Morgan fingerprint density at radius 2 is 2.00 bits per heavy atom. The molecule has 20 heavy (non-hydrogen) atoms. The average molecular weight is 286 g/mol. The maximum Gasteiger partial charge on any atom is 0.156 e. The van der Waals surface area contributed by atoms with E-state index in [2.05, 4.69) is 15.0 Å². The molecular formula is C15H12ClN3O. The number of methoxy groups -OCH3 is 1. The molecular weight excluding hydrogens is 274 g/mol. The normalized spacial score (nSPS) is 10.9. The average Bonchev–Trinajstić information content (AvgIpc) is 2.46. The van der Waals surface area contributed by atoms with E-state index >= 15 is 0 Å². The first-order valence-electron chi connectivity index (χ1n) is 6.14. The van der Waals surface area contributed by atoms with Crippen LogP contribution in [-0.2, 0) is 11.3 Å². The number of aromatic nitrogens is 3. The van der Waals surface area contributed by atoms with Crippen LogP contribution in [0.4, 0.5) is 0 Å². The molecule has 3 aromatic rings. The van der Waals surface area contributed by atoms with Crippen molar-refractivity contribution in [1.82, 2.24) is 15.0 Å². The highest BCUT2D eigenvalue weighted by atomic mass is 35.5. The molecule has 100 valence electrons. The van der Waals surface area contributed by atoms with Crippen molar-refractivity contribution < 1.29 is 4.74 Å². The van der Waals surface area contributed by atoms with Crippen molar-refractivity contribution in [3.63, 3.8) is 0 Å². The van der Waals surface area contributed by atoms with Crippen molar-refractivity contribution in [2.24, 2.45) is 0 Å². The molecule has 0 saturated carbocycles. The lowest BCUT2D eigenvalue weighted by atomic mass is 10.1. The van der Waals surface area contributed by atoms with E-state index in [-0.39, 0.29) is 0 Å². The number of nitrogens with zero attached hydrogens (tertiary/aromatic N) is 3. The van der Waals surface area contributed by atoms with E-state index in [9.17, 15) is 0 Å². The topological polar surface area (TPSA) is 47.9 Å². The van der Waals surface area contributed by atoms with Crippen LogP contribution in [0.3, 0.4) is 0 Å². The Morgan fingerprint density at radius 1 is 1.15 bits per heavy atom. The summed E-state index contributed by atoms with van der Waals surface area (Å²) in [5.41, 5.74) is 2.58. The standard InChI is InChI=1S/C15H12ClN3O/c1-20-9-14-18-12(8-13(16)19-14)11-6-2-4-10-5-3-7-17-15(10)11/h2-8H,9H2,1H3. The Morgan fingerprint density at radius 3 is 2.85 bits per heavy atom. The highest BCUT2D eigenvalue weighted by molar-refractivity contribution is 6.29. The van der Waals surface area contributed by atoms with E-state index in [4.69, 9.17) is 16.3 Å². The smallest absolute Gasteiger partial charge is 0.156 e. The van der Waals surface area contributed by atoms with Crippen LogP contribution in [0, 0.1) is 0 Å². The second-order valence-corrected chi connectivity index (χ2v) is 4.69. The Balaban J connectivity index is 2.20. The van der Waals surface area contributed by atoms with Gasteiger partial charge in [0, 0.05) is 30.3 Å². The molecule has 2 aromatic heterocycles. The third kappa shape index (κ3) is 2.48. The second-order valence-electron chi connectivity index (χ2n) is 4.31. The lowest BCUT2D eigenvalue weighted by molar-refractivity contribution is 0.178. The predicted molar refractivity (Wildman–Crippen MR) is 78.5 cm³/mol. The summed E-state index contributed by atoms with van der Waals surface area (Å²) in [6, 6.07) is 11.6. The van der Waals surface area contributed by atoms with Gasteiger partial charge in [0.25, 0.3) is 0 Å². The number of halogens is 1. The molecule has 0 aliphatic rings. The number of hydrogen-bond donors (Lipinski definition) is 0. The quantitative estimate of drug-likeness (QED) is 0.691. The van der Waals surface area contributed by atoms with E-state index in [0.29, 0.717) is 17.6 Å². The molecule has 0 aliphatic heterocycles. The maximum atomic E-state index is 6.06. The van der Waals surface area contributed by atoms with Gasteiger partial charge in [0.1, 0.15) is 11.8 Å². The zero-order valence-corrected chi connectivity index (χ0v) is 11.6. The van der Waals surface area contributed by atoms with Crippen molar-refractivity contribution in [1.29, 1.82) is 0 Å². The molecule has 0 aliphatic carbocycles. The summed E-state index contributed by atoms with van der Waals surface area (Å²) in [6.45, 7) is 0.325. The molecule has 3 rings (SSSR count). The first-order valence-corrected chi connectivity index (χ1v) is 6.52. The monoisotopic (exact) mass is 285 g/mol. The van der Waals surface area contributed by atoms with Gasteiger partial charge < -0.3 is 4.74 Å². The number of ether oxygens (including phenoxy) is 1. The van der Waals surface area contributed by atoms with Crippen LogP contribution in [0.25, 0.3) is 22.2 Å². The zero-order chi connectivity index (χ0) is 13.9. The summed E-state index contributed by atoms with van der Waals surface area (Å²) in [7, 11) is 1.60. The highest BCUT2D eigenvalue weighted by Crippen LogP contribution is 2.26. The molecule has 0 unspecified atom stereocenters. The van der Waals surface area contributed by atoms with Gasteiger partial charge in [-0.05, 0) is 6.07 Å². The summed E-state index contributed by atoms with van der Waals surface area (Å²) in [5, 5.41) is 1.46. The molecule has 0 fully saturated rings. The maximum absolute atomic E-state index is 6.06. The summed E-state index contributed by atoms with van der Waals surface area (Å²) in [4.78, 5) is 13.0. The van der Waals surface area contributed by atoms with Gasteiger partial charge in [-0.25, -0.2) is 9.97 Å². The van der Waals surface area contributed by atoms with Crippen LogP contribution >= 0.6 is 11.6 Å². The Bertz CT molecular complexity index is 756. The molecule has 0 atom stereocenters. The summed E-state index contributed by atoms with van der Waals surface area (Å²) >= 11 is 6.06. The molecule has 0 amide bonds. The lowest BCUT2D eigenvalue weighted by Gasteiger charge is -2.07. The van der Waals surface area contributed by atoms with Gasteiger partial charge in [-0.1, -0.05) is 35.9 Å². The van der Waals surface area contributed by atoms with Crippen LogP contribution in [0.15, 0.2) is 42.6 Å². The van der Waals surface area contributed by atoms with Crippen LogP contribution < -0.4 is 0 Å². The predicted octanol–water partition coefficient (Wildman–Crippen LogP) is 3.49. The van der Waals surface area contributed by atoms with Gasteiger partial charge in [-0.2, -0.15) is 0 Å². The van der Waals surface area contributed by atoms with Crippen molar-refractivity contribution in [3.8, 4) is 11.3 Å². The first kappa shape index (κ1) is 13.0. The highest BCUT2D eigenvalue weighted by Gasteiger charge is 2.09. The summed E-state index contributed by atoms with van der Waals surface area (Å²) in [5.74, 6) is 0.558. The molecule has 5 heteroatoms. The Kier molecular flexibility index (Phi) is 3.58. The van der Waals surface area contributed by atoms with Crippen molar-refractivity contribution in [3.05, 3.63) is 53.6 Å². The van der Waals surface area contributed by atoms with Crippen LogP contribution in [0.2, 0.25) is 5.15 Å². The molecule has 0 N–H and O–H groups in total. The molecule has 1 aromatic carbocycles. The minimum atomic E-state index is 0.325. The largest absolute Gasteiger partial charge is 0.377 e. The van der Waals surface area contributed by atoms with Gasteiger partial charge in [0.2, 0.25) is 0 Å². The summed E-state index contributed by atoms with van der Waals surface area (Å²) in [6.07, 6.45) is 1.77. The fourth-order valence-electron chi connectivity index (χ4n) is 2.11. The van der Waals surface area contributed by atoms with E-state index in [0.717, 1.165) is 22.2 Å². The number of fused-ring (bicyclic) bond motifs is 1. The van der Waals surface area contributed by atoms with Crippen molar-refractivity contribution in [2.75, 3.05) is 7.11 Å². The fraction of sp³-hybridized carbons (Fsp3) is 0.133. The molecule has 0 radical (unpaired) electrons. The van der Waals surface area contributed by atoms with Crippen molar-refractivity contribution >= 4 is 22.5 Å². The summed E-state index contributed by atoms with van der Waals surface area (Å²) < 4.78 is 5.06. The van der Waals surface area contributed by atoms with Gasteiger partial charge in [0.05, 0.1) is 11.2 Å². The van der Waals surface area contributed by atoms with Gasteiger partial charge in [-0.15, -0.1) is 0 Å². The molecule has 0 spiro atoms. The molecule has 4 nitrogen and oxygen atoms in total. The van der Waals surface area contributed by atoms with Crippen molar-refractivity contribution in [2.45, 2.75) is 6.61 Å². The second kappa shape index (κ2) is 5.53. The number of benzene rings is 1. The third-order valence-electron chi connectivity index (χ3n) is 2.92. The zero-order valence-electron chi connectivity index (χ0n) is 10.9. The molecule has 2 heterocycles. The van der Waals surface area contributed by atoms with Crippen LogP contribution in [-0.4, -0.2) is 22.1 Å². The van der Waals surface area contributed by atoms with E-state index in [1.54, 1.807) is 19.4 Å². The fourth-order valence-corrected chi connectivity index (χ4v) is 2.31. The Hall–Kier alpha value is -2.04. The SMILES string of the molecule is COCc1nc(Cl)cc(-c2cccc3cccnc23)n1. The lowest BCUT2D eigenvalue weighted by Crippen LogP contribution is -1.99. The minimum Gasteiger partial charge on any atom is -0.377 e. The number of pyridine rings is 1. The third-order valence-corrected chi connectivity index (χ3v) is 3.12. The van der Waals surface area contributed by atoms with E-state index < -0.39 is 0 Å². The van der Waals surface area contributed by atoms with Gasteiger partial charge in [0.15, 0.2) is 5.82 Å². The number of rotatable bonds is 3. The van der Waals surface area contributed by atoms with Crippen LogP contribution in [0.5, 0.6) is 0 Å². The molecule has 0 saturated heterocycles. The minimum absolute atomic E-state index is 0.325. The number of para-hydroxylation sites is 1. The van der Waals surface area contributed by atoms with Gasteiger partial charge in [-0.3, -0.25) is 4.98 Å². The Labute approximate surface area is 121 Å². The number of hydrogen-bond acceptors (Lipinski definition) is 4. The van der Waals surface area contributed by atoms with Crippen LogP contribution in [0.1, 0.15) is 5.82 Å². The first-order chi connectivity index (χ1) is 9.78. The molecule has 0 bridgehead atoms. The van der Waals surface area contributed by atoms with E-state index in [1.165, 1.54) is 0 Å². The van der Waals surface area contributed by atoms with E-state index in [1.807, 2.05) is 30.3 Å². The van der Waals surface area contributed by atoms with Gasteiger partial charge >= 0.3 is 0 Å².